The maximum absolute atomic E-state index is 12.7. The van der Waals surface area contributed by atoms with E-state index in [1.54, 1.807) is 36.4 Å². The van der Waals surface area contributed by atoms with Gasteiger partial charge in [0, 0.05) is 23.7 Å². The van der Waals surface area contributed by atoms with E-state index >= 15 is 0 Å². The first-order valence-corrected chi connectivity index (χ1v) is 12.3. The van der Waals surface area contributed by atoms with Gasteiger partial charge in [-0.1, -0.05) is 25.1 Å². The molecule has 1 fully saturated rings. The normalized spacial score (nSPS) is 24.2. The van der Waals surface area contributed by atoms with Crippen molar-refractivity contribution in [1.29, 1.82) is 0 Å². The molecule has 2 aromatic carbocycles. The van der Waals surface area contributed by atoms with Gasteiger partial charge in [0.25, 0.3) is 10.0 Å². The van der Waals surface area contributed by atoms with Crippen molar-refractivity contribution in [3.63, 3.8) is 0 Å². The zero-order chi connectivity index (χ0) is 22.7. The van der Waals surface area contributed by atoms with Gasteiger partial charge in [-0.25, -0.2) is 8.42 Å². The van der Waals surface area contributed by atoms with Crippen molar-refractivity contribution in [2.75, 3.05) is 17.9 Å². The molecule has 2 heterocycles. The number of sulfonamides is 1. The van der Waals surface area contributed by atoms with Gasteiger partial charge in [-0.3, -0.25) is 9.52 Å². The van der Waals surface area contributed by atoms with E-state index in [1.165, 1.54) is 12.1 Å². The Balaban J connectivity index is 1.54. The second kappa shape index (κ2) is 9.48. The molecule has 32 heavy (non-hydrogen) atoms. The van der Waals surface area contributed by atoms with Crippen molar-refractivity contribution in [2.24, 2.45) is 0 Å². The van der Waals surface area contributed by atoms with Crippen molar-refractivity contribution in [3.8, 4) is 5.75 Å². The number of aliphatic hydroxyl groups is 1. The molecule has 3 N–H and O–H groups in total. The van der Waals surface area contributed by atoms with Crippen LogP contribution in [0, 0.1) is 0 Å². The summed E-state index contributed by atoms with van der Waals surface area (Å²) < 4.78 is 40.0. The SMILES string of the molecule is CCCNC(=O)C[C@H]1C[C@H]2c3cc(NS(=O)(=O)c4ccccc4)ccc3O[C@H]2[C@H](CO)O1. The van der Waals surface area contributed by atoms with Gasteiger partial charge in [0.2, 0.25) is 5.91 Å². The second-order valence-corrected chi connectivity index (χ2v) is 9.81. The average Bonchev–Trinajstić information content (AvgIpc) is 3.15. The van der Waals surface area contributed by atoms with E-state index in [0.29, 0.717) is 24.4 Å². The first-order chi connectivity index (χ1) is 15.4. The van der Waals surface area contributed by atoms with Crippen molar-refractivity contribution in [3.05, 3.63) is 54.1 Å². The Morgan fingerprint density at radius 3 is 2.69 bits per heavy atom. The Hall–Kier alpha value is -2.62. The van der Waals surface area contributed by atoms with Crippen LogP contribution < -0.4 is 14.8 Å². The second-order valence-electron chi connectivity index (χ2n) is 8.13. The van der Waals surface area contributed by atoms with Crippen molar-refractivity contribution in [2.45, 2.75) is 55.3 Å². The summed E-state index contributed by atoms with van der Waals surface area (Å²) in [5.74, 6) is 0.442. The Bertz CT molecular complexity index is 1060. The molecule has 4 rings (SSSR count). The van der Waals surface area contributed by atoms with Crippen molar-refractivity contribution in [1.82, 2.24) is 5.32 Å². The van der Waals surface area contributed by atoms with Crippen molar-refractivity contribution < 1.29 is 27.8 Å². The number of nitrogens with one attached hydrogen (secondary N) is 2. The maximum atomic E-state index is 12.7. The number of rotatable bonds is 8. The first-order valence-electron chi connectivity index (χ1n) is 10.8. The fourth-order valence-electron chi connectivity index (χ4n) is 4.31. The highest BCUT2D eigenvalue weighted by molar-refractivity contribution is 7.92. The standard InChI is InChI=1S/C23H28N2O6S/c1-2-10-24-22(27)13-16-12-19-18-11-15(25-32(28,29)17-6-4-3-5-7-17)8-9-20(18)31-23(19)21(14-26)30-16/h3-9,11,16,19,21,23,25-26H,2,10,12-14H2,1H3,(H,24,27)/t16-,19+,21+,23-/m1/s1. The molecule has 4 atom stereocenters. The summed E-state index contributed by atoms with van der Waals surface area (Å²) in [4.78, 5) is 12.4. The van der Waals surface area contributed by atoms with Crippen molar-refractivity contribution >= 4 is 21.6 Å². The number of anilines is 1. The number of hydrogen-bond donors (Lipinski definition) is 3. The molecule has 9 heteroatoms. The van der Waals surface area contributed by atoms with Crippen LogP contribution in [0.4, 0.5) is 5.69 Å². The van der Waals surface area contributed by atoms with E-state index in [2.05, 4.69) is 10.0 Å². The molecule has 0 spiro atoms. The maximum Gasteiger partial charge on any atom is 0.261 e. The molecule has 0 saturated carbocycles. The predicted molar refractivity (Wildman–Crippen MR) is 119 cm³/mol. The highest BCUT2D eigenvalue weighted by Gasteiger charge is 2.46. The van der Waals surface area contributed by atoms with Gasteiger partial charge < -0.3 is 19.9 Å². The van der Waals surface area contributed by atoms with Gasteiger partial charge >= 0.3 is 0 Å². The molecule has 0 bridgehead atoms. The molecule has 1 amide bonds. The lowest BCUT2D eigenvalue weighted by molar-refractivity contribution is -0.142. The first kappa shape index (κ1) is 22.6. The Morgan fingerprint density at radius 1 is 1.19 bits per heavy atom. The van der Waals surface area contributed by atoms with Crippen LogP contribution in [0.5, 0.6) is 5.75 Å². The number of carbonyl (C=O) groups is 1. The Morgan fingerprint density at radius 2 is 1.97 bits per heavy atom. The summed E-state index contributed by atoms with van der Waals surface area (Å²) in [6, 6.07) is 13.3. The van der Waals surface area contributed by atoms with E-state index in [1.807, 2.05) is 6.92 Å². The van der Waals surface area contributed by atoms with Crippen LogP contribution in [0.1, 0.15) is 37.7 Å². The van der Waals surface area contributed by atoms with Gasteiger partial charge in [0.15, 0.2) is 0 Å². The van der Waals surface area contributed by atoms with E-state index in [0.717, 1.165) is 12.0 Å². The van der Waals surface area contributed by atoms with E-state index in [-0.39, 0.29) is 42.0 Å². The third-order valence-electron chi connectivity index (χ3n) is 5.79. The third kappa shape index (κ3) is 4.74. The van der Waals surface area contributed by atoms with Crippen LogP contribution in [-0.2, 0) is 19.6 Å². The lowest BCUT2D eigenvalue weighted by Crippen LogP contribution is -2.47. The minimum atomic E-state index is -3.72. The fourth-order valence-corrected chi connectivity index (χ4v) is 5.38. The molecule has 2 aliphatic heterocycles. The minimum Gasteiger partial charge on any atom is -0.487 e. The summed E-state index contributed by atoms with van der Waals surface area (Å²) in [6.07, 6.45) is 0.298. The van der Waals surface area contributed by atoms with Gasteiger partial charge in [0.1, 0.15) is 18.0 Å². The monoisotopic (exact) mass is 460 g/mol. The molecule has 172 valence electrons. The lowest BCUT2D eigenvalue weighted by atomic mass is 9.84. The third-order valence-corrected chi connectivity index (χ3v) is 7.19. The fraction of sp³-hybridized carbons (Fsp3) is 0.435. The van der Waals surface area contributed by atoms with Crippen LogP contribution in [0.3, 0.4) is 0 Å². The summed E-state index contributed by atoms with van der Waals surface area (Å²) >= 11 is 0. The molecule has 0 unspecified atom stereocenters. The molecular formula is C23H28N2O6S. The summed E-state index contributed by atoms with van der Waals surface area (Å²) in [5, 5.41) is 12.7. The van der Waals surface area contributed by atoms with Crippen LogP contribution in [0.25, 0.3) is 0 Å². The number of amides is 1. The zero-order valence-corrected chi connectivity index (χ0v) is 18.7. The van der Waals surface area contributed by atoms with Crippen LogP contribution in [0.15, 0.2) is 53.4 Å². The Kier molecular flexibility index (Phi) is 6.68. The quantitative estimate of drug-likeness (QED) is 0.557. The van der Waals surface area contributed by atoms with E-state index < -0.39 is 16.1 Å². The predicted octanol–water partition coefficient (Wildman–Crippen LogP) is 2.40. The molecule has 2 aromatic rings. The topological polar surface area (TPSA) is 114 Å². The molecule has 0 aliphatic carbocycles. The lowest BCUT2D eigenvalue weighted by Gasteiger charge is -2.37. The highest BCUT2D eigenvalue weighted by atomic mass is 32.2. The average molecular weight is 461 g/mol. The Labute approximate surface area is 188 Å². The number of hydrogen-bond acceptors (Lipinski definition) is 6. The van der Waals surface area contributed by atoms with Gasteiger partial charge in [-0.2, -0.15) is 0 Å². The molecular weight excluding hydrogens is 432 g/mol. The summed E-state index contributed by atoms with van der Waals surface area (Å²) in [5.41, 5.74) is 1.28. The summed E-state index contributed by atoms with van der Waals surface area (Å²) in [7, 11) is -3.72. The van der Waals surface area contributed by atoms with Gasteiger partial charge in [-0.15, -0.1) is 0 Å². The van der Waals surface area contributed by atoms with Gasteiger partial charge in [0.05, 0.1) is 24.0 Å². The molecule has 0 aromatic heterocycles. The minimum absolute atomic E-state index is 0.0875. The van der Waals surface area contributed by atoms with Crippen LogP contribution in [-0.4, -0.2) is 50.9 Å². The molecule has 0 radical (unpaired) electrons. The molecule has 8 nitrogen and oxygen atoms in total. The zero-order valence-electron chi connectivity index (χ0n) is 17.9. The van der Waals surface area contributed by atoms with Crippen LogP contribution in [0.2, 0.25) is 0 Å². The number of ether oxygens (including phenoxy) is 2. The smallest absolute Gasteiger partial charge is 0.261 e. The van der Waals surface area contributed by atoms with E-state index in [9.17, 15) is 18.3 Å². The highest BCUT2D eigenvalue weighted by Crippen LogP contribution is 2.47. The van der Waals surface area contributed by atoms with E-state index in [4.69, 9.17) is 9.47 Å². The number of aliphatic hydroxyl groups excluding tert-OH is 1. The summed E-state index contributed by atoms with van der Waals surface area (Å²) in [6.45, 7) is 2.37. The van der Waals surface area contributed by atoms with Gasteiger partial charge in [-0.05, 0) is 43.2 Å². The molecule has 2 aliphatic rings. The number of benzene rings is 2. The molecule has 1 saturated heterocycles. The van der Waals surface area contributed by atoms with Crippen LogP contribution >= 0.6 is 0 Å². The number of carbonyl (C=O) groups excluding carboxylic acids is 1. The largest absolute Gasteiger partial charge is 0.487 e. The number of fused-ring (bicyclic) bond motifs is 3.